The van der Waals surface area contributed by atoms with E-state index in [1.165, 1.54) is 6.92 Å². The van der Waals surface area contributed by atoms with Crippen LogP contribution in [0.15, 0.2) is 28.7 Å². The number of Topliss-reactive ketones (excluding diaryl/α,β-unsaturated/α-hetero) is 1. The van der Waals surface area contributed by atoms with Crippen LogP contribution in [0.25, 0.3) is 0 Å². The van der Waals surface area contributed by atoms with Gasteiger partial charge in [-0.25, -0.2) is 4.79 Å². The van der Waals surface area contributed by atoms with Gasteiger partial charge >= 0.3 is 5.97 Å². The van der Waals surface area contributed by atoms with Crippen molar-refractivity contribution < 1.29 is 23.5 Å². The van der Waals surface area contributed by atoms with Crippen molar-refractivity contribution >= 4 is 23.3 Å². The SMILES string of the molecule is CC(=O)Nc1ccc(C(=O)COC(=O)c2c(C)oc(C)c2C)cc1. The first-order valence-corrected chi connectivity index (χ1v) is 7.44. The third-order valence-corrected chi connectivity index (χ3v) is 3.63. The van der Waals surface area contributed by atoms with Gasteiger partial charge in [0.05, 0.1) is 0 Å². The predicted molar refractivity (Wildman–Crippen MR) is 88.3 cm³/mol. The van der Waals surface area contributed by atoms with Crippen LogP contribution >= 0.6 is 0 Å². The number of aryl methyl sites for hydroxylation is 2. The maximum Gasteiger partial charge on any atom is 0.342 e. The third kappa shape index (κ3) is 3.90. The number of ketones is 1. The Morgan fingerprint density at radius 2 is 1.67 bits per heavy atom. The molecule has 0 aliphatic carbocycles. The zero-order valence-electron chi connectivity index (χ0n) is 14.1. The van der Waals surface area contributed by atoms with E-state index in [-0.39, 0.29) is 18.3 Å². The highest BCUT2D eigenvalue weighted by molar-refractivity contribution is 6.00. The van der Waals surface area contributed by atoms with Crippen LogP contribution in [0, 0.1) is 20.8 Å². The normalized spacial score (nSPS) is 10.3. The fourth-order valence-corrected chi connectivity index (χ4v) is 2.32. The monoisotopic (exact) mass is 329 g/mol. The number of carbonyl (C=O) groups is 3. The molecule has 0 unspecified atom stereocenters. The van der Waals surface area contributed by atoms with Gasteiger partial charge < -0.3 is 14.5 Å². The van der Waals surface area contributed by atoms with E-state index in [2.05, 4.69) is 5.32 Å². The highest BCUT2D eigenvalue weighted by Crippen LogP contribution is 2.21. The Labute approximate surface area is 139 Å². The van der Waals surface area contributed by atoms with E-state index in [9.17, 15) is 14.4 Å². The standard InChI is InChI=1S/C18H19NO5/c1-10-11(2)24-12(3)17(10)18(22)23-9-16(21)14-5-7-15(8-6-14)19-13(4)20/h5-8H,9H2,1-4H3,(H,19,20). The van der Waals surface area contributed by atoms with Gasteiger partial charge in [0.25, 0.3) is 0 Å². The van der Waals surface area contributed by atoms with Crippen molar-refractivity contribution in [2.24, 2.45) is 0 Å². The Bertz CT molecular complexity index is 786. The Kier molecular flexibility index (Phi) is 5.18. The number of rotatable bonds is 5. The van der Waals surface area contributed by atoms with Crippen LogP contribution in [0.1, 0.15) is 44.7 Å². The molecule has 1 aromatic heterocycles. The van der Waals surface area contributed by atoms with Crippen LogP contribution in [-0.2, 0) is 9.53 Å². The van der Waals surface area contributed by atoms with Crippen LogP contribution in [0.2, 0.25) is 0 Å². The van der Waals surface area contributed by atoms with Crippen molar-refractivity contribution in [1.29, 1.82) is 0 Å². The topological polar surface area (TPSA) is 85.6 Å². The van der Waals surface area contributed by atoms with Crippen molar-refractivity contribution in [3.63, 3.8) is 0 Å². The number of nitrogens with one attached hydrogen (secondary N) is 1. The molecule has 1 heterocycles. The molecule has 0 fully saturated rings. The van der Waals surface area contributed by atoms with E-state index in [4.69, 9.17) is 9.15 Å². The highest BCUT2D eigenvalue weighted by atomic mass is 16.5. The molecule has 2 aromatic rings. The third-order valence-electron chi connectivity index (χ3n) is 3.63. The van der Waals surface area contributed by atoms with E-state index in [0.717, 1.165) is 0 Å². The lowest BCUT2D eigenvalue weighted by Crippen LogP contribution is -2.15. The lowest BCUT2D eigenvalue weighted by molar-refractivity contribution is -0.114. The van der Waals surface area contributed by atoms with Gasteiger partial charge in [0.1, 0.15) is 17.1 Å². The fraction of sp³-hybridized carbons (Fsp3) is 0.278. The summed E-state index contributed by atoms with van der Waals surface area (Å²) in [7, 11) is 0. The summed E-state index contributed by atoms with van der Waals surface area (Å²) in [5, 5.41) is 2.61. The van der Waals surface area contributed by atoms with Crippen molar-refractivity contribution in [2.45, 2.75) is 27.7 Å². The summed E-state index contributed by atoms with van der Waals surface area (Å²) in [5.74, 6) is 0.0314. The van der Waals surface area contributed by atoms with Gasteiger partial charge in [-0.05, 0) is 45.0 Å². The summed E-state index contributed by atoms with van der Waals surface area (Å²) >= 11 is 0. The summed E-state index contributed by atoms with van der Waals surface area (Å²) in [6, 6.07) is 6.37. The molecule has 0 saturated carbocycles. The second-order valence-corrected chi connectivity index (χ2v) is 5.47. The van der Waals surface area contributed by atoms with Crippen LogP contribution < -0.4 is 5.32 Å². The van der Waals surface area contributed by atoms with Crippen molar-refractivity contribution in [3.05, 3.63) is 52.5 Å². The molecule has 2 rings (SSSR count). The van der Waals surface area contributed by atoms with Crippen molar-refractivity contribution in [2.75, 3.05) is 11.9 Å². The van der Waals surface area contributed by atoms with E-state index in [0.29, 0.717) is 33.9 Å². The summed E-state index contributed by atoms with van der Waals surface area (Å²) in [6.07, 6.45) is 0. The predicted octanol–water partition coefficient (Wildman–Crippen LogP) is 3.20. The molecule has 1 N–H and O–H groups in total. The molecule has 0 aliphatic heterocycles. The van der Waals surface area contributed by atoms with Crippen LogP contribution in [0.3, 0.4) is 0 Å². The molecule has 0 saturated heterocycles. The number of ether oxygens (including phenoxy) is 1. The zero-order valence-corrected chi connectivity index (χ0v) is 14.1. The van der Waals surface area contributed by atoms with Crippen molar-refractivity contribution in [1.82, 2.24) is 0 Å². The second-order valence-electron chi connectivity index (χ2n) is 5.47. The molecular weight excluding hydrogens is 310 g/mol. The maximum absolute atomic E-state index is 12.1. The number of benzene rings is 1. The van der Waals surface area contributed by atoms with Crippen molar-refractivity contribution in [3.8, 4) is 0 Å². The molecule has 1 amide bonds. The van der Waals surface area contributed by atoms with Gasteiger partial charge in [-0.15, -0.1) is 0 Å². The number of hydrogen-bond acceptors (Lipinski definition) is 5. The lowest BCUT2D eigenvalue weighted by atomic mass is 10.1. The molecule has 0 atom stereocenters. The number of esters is 1. The highest BCUT2D eigenvalue weighted by Gasteiger charge is 2.21. The number of hydrogen-bond donors (Lipinski definition) is 1. The molecule has 0 radical (unpaired) electrons. The van der Waals surface area contributed by atoms with E-state index in [1.54, 1.807) is 45.0 Å². The number of anilines is 1. The lowest BCUT2D eigenvalue weighted by Gasteiger charge is -2.06. The zero-order chi connectivity index (χ0) is 17.9. The summed E-state index contributed by atoms with van der Waals surface area (Å²) in [4.78, 5) is 35.2. The van der Waals surface area contributed by atoms with Crippen LogP contribution in [0.4, 0.5) is 5.69 Å². The van der Waals surface area contributed by atoms with Gasteiger partial charge in [-0.1, -0.05) is 0 Å². The summed E-state index contributed by atoms with van der Waals surface area (Å²) in [6.45, 7) is 6.26. The molecular formula is C18H19NO5. The Morgan fingerprint density at radius 1 is 1.04 bits per heavy atom. The first kappa shape index (κ1) is 17.5. The molecule has 1 aromatic carbocycles. The largest absolute Gasteiger partial charge is 0.465 e. The molecule has 0 spiro atoms. The van der Waals surface area contributed by atoms with Crippen LogP contribution in [0.5, 0.6) is 0 Å². The Morgan fingerprint density at radius 3 is 2.17 bits per heavy atom. The fourth-order valence-electron chi connectivity index (χ4n) is 2.32. The quantitative estimate of drug-likeness (QED) is 0.672. The average molecular weight is 329 g/mol. The first-order chi connectivity index (χ1) is 11.3. The smallest absolute Gasteiger partial charge is 0.342 e. The minimum atomic E-state index is -0.579. The molecule has 6 heteroatoms. The maximum atomic E-state index is 12.1. The van der Waals surface area contributed by atoms with E-state index < -0.39 is 5.97 Å². The second kappa shape index (κ2) is 7.12. The minimum Gasteiger partial charge on any atom is -0.465 e. The first-order valence-electron chi connectivity index (χ1n) is 7.44. The minimum absolute atomic E-state index is 0.191. The number of carbonyl (C=O) groups excluding carboxylic acids is 3. The number of amides is 1. The van der Waals surface area contributed by atoms with Gasteiger partial charge in [-0.3, -0.25) is 9.59 Å². The average Bonchev–Trinajstić information content (AvgIpc) is 2.77. The molecule has 0 bridgehead atoms. The molecule has 0 aliphatic rings. The molecule has 24 heavy (non-hydrogen) atoms. The molecule has 6 nitrogen and oxygen atoms in total. The Balaban J connectivity index is 2.00. The molecule has 126 valence electrons. The van der Waals surface area contributed by atoms with E-state index >= 15 is 0 Å². The van der Waals surface area contributed by atoms with E-state index in [1.807, 2.05) is 0 Å². The Hall–Kier alpha value is -2.89. The number of furan rings is 1. The van der Waals surface area contributed by atoms with Crippen LogP contribution in [-0.4, -0.2) is 24.3 Å². The van der Waals surface area contributed by atoms with Gasteiger partial charge in [0, 0.05) is 23.7 Å². The summed E-state index contributed by atoms with van der Waals surface area (Å²) < 4.78 is 10.5. The van der Waals surface area contributed by atoms with Gasteiger partial charge in [0.2, 0.25) is 5.91 Å². The van der Waals surface area contributed by atoms with Gasteiger partial charge in [-0.2, -0.15) is 0 Å². The van der Waals surface area contributed by atoms with Gasteiger partial charge in [0.15, 0.2) is 12.4 Å². The summed E-state index contributed by atoms with van der Waals surface area (Å²) in [5.41, 5.74) is 2.07.